The lowest BCUT2D eigenvalue weighted by atomic mass is 10.1. The van der Waals surface area contributed by atoms with E-state index in [1.54, 1.807) is 24.3 Å². The van der Waals surface area contributed by atoms with E-state index in [2.05, 4.69) is 5.32 Å². The molecule has 0 unspecified atom stereocenters. The van der Waals surface area contributed by atoms with Gasteiger partial charge in [-0.15, -0.1) is 0 Å². The highest BCUT2D eigenvalue weighted by Gasteiger charge is 2.10. The third-order valence-electron chi connectivity index (χ3n) is 2.99. The van der Waals surface area contributed by atoms with E-state index >= 15 is 0 Å². The zero-order valence-electron chi connectivity index (χ0n) is 10.5. The Morgan fingerprint density at radius 2 is 1.89 bits per heavy atom. The van der Waals surface area contributed by atoms with Crippen LogP contribution >= 0.6 is 23.2 Å². The average Bonchev–Trinajstić information content (AvgIpc) is 2.38. The molecule has 4 heteroatoms. The zero-order valence-corrected chi connectivity index (χ0v) is 12.0. The van der Waals surface area contributed by atoms with Crippen molar-refractivity contribution in [2.75, 3.05) is 0 Å². The Balaban J connectivity index is 2.04. The van der Waals surface area contributed by atoms with Crippen LogP contribution in [0.3, 0.4) is 0 Å². The van der Waals surface area contributed by atoms with Crippen molar-refractivity contribution in [3.8, 4) is 0 Å². The second-order valence-corrected chi connectivity index (χ2v) is 5.20. The van der Waals surface area contributed by atoms with Gasteiger partial charge in [0.05, 0.1) is 0 Å². The van der Waals surface area contributed by atoms with Crippen LogP contribution in [-0.4, -0.2) is 0 Å². The summed E-state index contributed by atoms with van der Waals surface area (Å²) in [5.74, 6) is -0.204. The van der Waals surface area contributed by atoms with E-state index in [9.17, 15) is 4.39 Å². The molecule has 0 amide bonds. The lowest BCUT2D eigenvalue weighted by molar-refractivity contribution is 0.528. The molecule has 1 N–H and O–H groups in total. The van der Waals surface area contributed by atoms with Crippen molar-refractivity contribution in [1.29, 1.82) is 0 Å². The van der Waals surface area contributed by atoms with Gasteiger partial charge in [-0.1, -0.05) is 47.5 Å². The highest BCUT2D eigenvalue weighted by molar-refractivity contribution is 6.35. The summed E-state index contributed by atoms with van der Waals surface area (Å²) in [6.07, 6.45) is 0. The van der Waals surface area contributed by atoms with E-state index in [4.69, 9.17) is 23.2 Å². The summed E-state index contributed by atoms with van der Waals surface area (Å²) in [4.78, 5) is 0. The van der Waals surface area contributed by atoms with Gasteiger partial charge >= 0.3 is 0 Å². The minimum absolute atomic E-state index is 0.0899. The number of rotatable bonds is 4. The first-order valence-corrected chi connectivity index (χ1v) is 6.75. The Morgan fingerprint density at radius 3 is 2.58 bits per heavy atom. The molecule has 0 fully saturated rings. The van der Waals surface area contributed by atoms with Crippen molar-refractivity contribution >= 4 is 23.2 Å². The normalized spacial score (nSPS) is 12.4. The van der Waals surface area contributed by atoms with E-state index in [1.165, 1.54) is 6.07 Å². The van der Waals surface area contributed by atoms with E-state index in [1.807, 2.05) is 19.1 Å². The lowest BCUT2D eigenvalue weighted by Gasteiger charge is -2.15. The monoisotopic (exact) mass is 297 g/mol. The van der Waals surface area contributed by atoms with Crippen LogP contribution in [0.15, 0.2) is 42.5 Å². The molecule has 0 aliphatic heterocycles. The van der Waals surface area contributed by atoms with Crippen molar-refractivity contribution in [2.45, 2.75) is 19.5 Å². The molecule has 0 heterocycles. The van der Waals surface area contributed by atoms with Gasteiger partial charge in [0.15, 0.2) is 0 Å². The fraction of sp³-hybridized carbons (Fsp3) is 0.200. The summed E-state index contributed by atoms with van der Waals surface area (Å²) in [6.45, 7) is 2.48. The van der Waals surface area contributed by atoms with Gasteiger partial charge in [-0.2, -0.15) is 0 Å². The van der Waals surface area contributed by atoms with Crippen molar-refractivity contribution in [2.24, 2.45) is 0 Å². The zero-order chi connectivity index (χ0) is 13.8. The van der Waals surface area contributed by atoms with Gasteiger partial charge in [0.1, 0.15) is 5.82 Å². The third-order valence-corrected chi connectivity index (χ3v) is 3.57. The van der Waals surface area contributed by atoms with Crippen LogP contribution in [-0.2, 0) is 6.54 Å². The average molecular weight is 298 g/mol. The first-order chi connectivity index (χ1) is 9.08. The van der Waals surface area contributed by atoms with Crippen LogP contribution in [0.5, 0.6) is 0 Å². The molecule has 2 aromatic rings. The molecule has 0 bridgehead atoms. The maximum atomic E-state index is 13.6. The van der Waals surface area contributed by atoms with Crippen LogP contribution in [0.1, 0.15) is 24.1 Å². The maximum Gasteiger partial charge on any atom is 0.127 e. The smallest absolute Gasteiger partial charge is 0.127 e. The summed E-state index contributed by atoms with van der Waals surface area (Å²) < 4.78 is 13.6. The molecule has 0 spiro atoms. The molecule has 1 atom stereocenters. The predicted molar refractivity (Wildman–Crippen MR) is 78.1 cm³/mol. The molecule has 2 aromatic carbocycles. The maximum absolute atomic E-state index is 13.6. The molecule has 1 nitrogen and oxygen atoms in total. The van der Waals surface area contributed by atoms with Gasteiger partial charge in [0.25, 0.3) is 0 Å². The molecule has 0 aliphatic carbocycles. The quantitative estimate of drug-likeness (QED) is 0.839. The van der Waals surface area contributed by atoms with Gasteiger partial charge in [-0.25, -0.2) is 4.39 Å². The fourth-order valence-electron chi connectivity index (χ4n) is 1.86. The molecule has 100 valence electrons. The Labute approximate surface area is 122 Å². The van der Waals surface area contributed by atoms with E-state index in [0.717, 1.165) is 5.56 Å². The minimum atomic E-state index is -0.204. The molecule has 0 saturated carbocycles. The standard InChI is InChI=1S/C15H14Cl2FN/c1-10(13-4-2-3-5-15(13)18)19-9-11-6-7-12(16)8-14(11)17/h2-8,10,19H,9H2,1H3/t10-/m1/s1. The minimum Gasteiger partial charge on any atom is -0.306 e. The molecule has 0 aromatic heterocycles. The molecule has 2 rings (SSSR count). The van der Waals surface area contributed by atoms with E-state index < -0.39 is 0 Å². The number of halogens is 3. The van der Waals surface area contributed by atoms with Gasteiger partial charge in [-0.3, -0.25) is 0 Å². The summed E-state index contributed by atoms with van der Waals surface area (Å²) in [5, 5.41) is 4.47. The first kappa shape index (κ1) is 14.3. The van der Waals surface area contributed by atoms with Crippen molar-refractivity contribution in [3.63, 3.8) is 0 Å². The number of hydrogen-bond donors (Lipinski definition) is 1. The van der Waals surface area contributed by atoms with Crippen molar-refractivity contribution in [3.05, 3.63) is 69.5 Å². The summed E-state index contributed by atoms with van der Waals surface area (Å²) in [6, 6.07) is 12.0. The molecule has 19 heavy (non-hydrogen) atoms. The second kappa shape index (κ2) is 6.38. The van der Waals surface area contributed by atoms with Gasteiger partial charge in [-0.05, 0) is 30.7 Å². The molecule has 0 saturated heterocycles. The Hall–Kier alpha value is -1.09. The third kappa shape index (κ3) is 3.69. The Kier molecular flexibility index (Phi) is 4.81. The van der Waals surface area contributed by atoms with Gasteiger partial charge in [0, 0.05) is 28.2 Å². The van der Waals surface area contributed by atoms with Crippen LogP contribution in [0.2, 0.25) is 10.0 Å². The van der Waals surface area contributed by atoms with Gasteiger partial charge in [0.2, 0.25) is 0 Å². The molecule has 0 radical (unpaired) electrons. The fourth-order valence-corrected chi connectivity index (χ4v) is 2.34. The topological polar surface area (TPSA) is 12.0 Å². The first-order valence-electron chi connectivity index (χ1n) is 5.99. The van der Waals surface area contributed by atoms with Crippen molar-refractivity contribution < 1.29 is 4.39 Å². The lowest BCUT2D eigenvalue weighted by Crippen LogP contribution is -2.19. The number of hydrogen-bond acceptors (Lipinski definition) is 1. The largest absolute Gasteiger partial charge is 0.306 e. The van der Waals surface area contributed by atoms with Crippen LogP contribution in [0.4, 0.5) is 4.39 Å². The predicted octanol–water partition coefficient (Wildman–Crippen LogP) is 4.98. The highest BCUT2D eigenvalue weighted by atomic mass is 35.5. The summed E-state index contributed by atoms with van der Waals surface area (Å²) in [7, 11) is 0. The molecular formula is C15H14Cl2FN. The SMILES string of the molecule is C[C@@H](NCc1ccc(Cl)cc1Cl)c1ccccc1F. The van der Waals surface area contributed by atoms with E-state index in [-0.39, 0.29) is 11.9 Å². The number of benzene rings is 2. The summed E-state index contributed by atoms with van der Waals surface area (Å²) >= 11 is 11.9. The van der Waals surface area contributed by atoms with Gasteiger partial charge < -0.3 is 5.32 Å². The number of nitrogens with one attached hydrogen (secondary N) is 1. The molecule has 0 aliphatic rings. The Morgan fingerprint density at radius 1 is 1.16 bits per heavy atom. The van der Waals surface area contributed by atoms with Crippen LogP contribution in [0.25, 0.3) is 0 Å². The Bertz CT molecular complexity index is 572. The van der Waals surface area contributed by atoms with Crippen molar-refractivity contribution in [1.82, 2.24) is 5.32 Å². The molecular weight excluding hydrogens is 284 g/mol. The van der Waals surface area contributed by atoms with Crippen LogP contribution < -0.4 is 5.32 Å². The second-order valence-electron chi connectivity index (χ2n) is 4.36. The summed E-state index contributed by atoms with van der Waals surface area (Å²) in [5.41, 5.74) is 1.59. The van der Waals surface area contributed by atoms with E-state index in [0.29, 0.717) is 22.2 Å². The highest BCUT2D eigenvalue weighted by Crippen LogP contribution is 2.22. The van der Waals surface area contributed by atoms with Crippen LogP contribution in [0, 0.1) is 5.82 Å².